The molecule has 0 amide bonds. The molecule has 0 fully saturated rings. The van der Waals surface area contributed by atoms with Crippen molar-refractivity contribution in [1.29, 1.82) is 0 Å². The van der Waals surface area contributed by atoms with Gasteiger partial charge in [0.1, 0.15) is 0 Å². The van der Waals surface area contributed by atoms with Crippen LogP contribution in [0.5, 0.6) is 0 Å². The fourth-order valence-corrected chi connectivity index (χ4v) is 1.86. The molecule has 0 bridgehead atoms. The molecule has 0 spiro atoms. The molecule has 0 saturated heterocycles. The third-order valence-corrected chi connectivity index (χ3v) is 2.60. The van der Waals surface area contributed by atoms with Crippen molar-refractivity contribution in [1.82, 2.24) is 0 Å². The van der Waals surface area contributed by atoms with Crippen LogP contribution in [0.1, 0.15) is 0 Å². The average Bonchev–Trinajstić information content (AvgIpc) is 2.01. The van der Waals surface area contributed by atoms with Gasteiger partial charge in [-0.2, -0.15) is 0 Å². The van der Waals surface area contributed by atoms with Gasteiger partial charge in [0, 0.05) is 5.69 Å². The molecule has 0 aliphatic carbocycles. The SMILES string of the molecule is CS(=O)(=O)Nc1cccc(S(=O)O)c1. The van der Waals surface area contributed by atoms with E-state index in [1.165, 1.54) is 24.3 Å². The van der Waals surface area contributed by atoms with Crippen LogP contribution in [-0.4, -0.2) is 23.4 Å². The van der Waals surface area contributed by atoms with Gasteiger partial charge in [-0.3, -0.25) is 4.72 Å². The van der Waals surface area contributed by atoms with Crippen LogP contribution in [-0.2, 0) is 21.1 Å². The van der Waals surface area contributed by atoms with Gasteiger partial charge in [0.2, 0.25) is 10.0 Å². The number of nitrogens with one attached hydrogen (secondary N) is 1. The first-order chi connectivity index (χ1) is 6.38. The first-order valence-electron chi connectivity index (χ1n) is 3.57. The number of benzene rings is 1. The molecule has 1 aromatic carbocycles. The van der Waals surface area contributed by atoms with Crippen molar-refractivity contribution in [2.24, 2.45) is 0 Å². The Balaban J connectivity index is 3.01. The number of rotatable bonds is 3. The standard InChI is InChI=1S/C7H9NO4S2/c1-14(11,12)8-6-3-2-4-7(5-6)13(9)10/h2-5,8H,1H3,(H,9,10). The summed E-state index contributed by atoms with van der Waals surface area (Å²) in [5.41, 5.74) is 0.271. The van der Waals surface area contributed by atoms with Gasteiger partial charge in [0.05, 0.1) is 11.2 Å². The minimum atomic E-state index is -3.35. The van der Waals surface area contributed by atoms with E-state index in [-0.39, 0.29) is 10.6 Å². The maximum absolute atomic E-state index is 10.8. The Bertz CT molecular complexity index is 455. The zero-order valence-electron chi connectivity index (χ0n) is 7.30. The van der Waals surface area contributed by atoms with E-state index in [0.717, 1.165) is 6.26 Å². The molecule has 14 heavy (non-hydrogen) atoms. The summed E-state index contributed by atoms with van der Waals surface area (Å²) >= 11 is -2.10. The van der Waals surface area contributed by atoms with Crippen molar-refractivity contribution in [2.45, 2.75) is 4.90 Å². The Hall–Kier alpha value is -0.920. The van der Waals surface area contributed by atoms with Crippen LogP contribution in [0.2, 0.25) is 0 Å². The molecule has 78 valence electrons. The van der Waals surface area contributed by atoms with Crippen molar-refractivity contribution in [3.63, 3.8) is 0 Å². The summed E-state index contributed by atoms with van der Waals surface area (Å²) < 4.78 is 43.3. The minimum Gasteiger partial charge on any atom is -0.302 e. The smallest absolute Gasteiger partial charge is 0.229 e. The molecule has 0 aromatic heterocycles. The van der Waals surface area contributed by atoms with Gasteiger partial charge in [0.25, 0.3) is 0 Å². The lowest BCUT2D eigenvalue weighted by Crippen LogP contribution is -2.09. The van der Waals surface area contributed by atoms with Crippen molar-refractivity contribution in [2.75, 3.05) is 11.0 Å². The second-order valence-corrected chi connectivity index (χ2v) is 5.37. The summed E-state index contributed by atoms with van der Waals surface area (Å²) in [5.74, 6) is 0. The average molecular weight is 235 g/mol. The molecule has 2 N–H and O–H groups in total. The van der Waals surface area contributed by atoms with Crippen LogP contribution in [0, 0.1) is 0 Å². The second kappa shape index (κ2) is 4.07. The first kappa shape index (κ1) is 11.2. The van der Waals surface area contributed by atoms with Crippen LogP contribution < -0.4 is 4.72 Å². The molecular weight excluding hydrogens is 226 g/mol. The lowest BCUT2D eigenvalue weighted by atomic mass is 10.3. The van der Waals surface area contributed by atoms with Crippen molar-refractivity contribution in [3.8, 4) is 0 Å². The van der Waals surface area contributed by atoms with Crippen molar-refractivity contribution >= 4 is 26.8 Å². The molecule has 0 aliphatic rings. The summed E-state index contributed by atoms with van der Waals surface area (Å²) in [6.45, 7) is 0. The molecular formula is C7H9NO4S2. The molecule has 1 atom stereocenters. The normalized spacial score (nSPS) is 13.6. The number of hydrogen-bond donors (Lipinski definition) is 2. The first-order valence-corrected chi connectivity index (χ1v) is 6.57. The Labute approximate surface area is 84.5 Å². The molecule has 0 heterocycles. The molecule has 1 rings (SSSR count). The lowest BCUT2D eigenvalue weighted by molar-refractivity contribution is 0.564. The van der Waals surface area contributed by atoms with Crippen molar-refractivity contribution in [3.05, 3.63) is 24.3 Å². The quantitative estimate of drug-likeness (QED) is 0.753. The summed E-state index contributed by atoms with van der Waals surface area (Å²) in [7, 11) is -3.35. The van der Waals surface area contributed by atoms with Gasteiger partial charge in [0.15, 0.2) is 11.1 Å². The summed E-state index contributed by atoms with van der Waals surface area (Å²) in [6.07, 6.45) is 1.01. The lowest BCUT2D eigenvalue weighted by Gasteiger charge is -2.03. The summed E-state index contributed by atoms with van der Waals surface area (Å²) in [6, 6.07) is 5.73. The Morgan fingerprint density at radius 3 is 2.57 bits per heavy atom. The van der Waals surface area contributed by atoms with Gasteiger partial charge in [-0.15, -0.1) is 0 Å². The van der Waals surface area contributed by atoms with Crippen molar-refractivity contribution < 1.29 is 17.2 Å². The van der Waals surface area contributed by atoms with Crippen LogP contribution >= 0.6 is 0 Å². The third kappa shape index (κ3) is 3.44. The van der Waals surface area contributed by atoms with Gasteiger partial charge in [-0.05, 0) is 18.2 Å². The molecule has 0 radical (unpaired) electrons. The van der Waals surface area contributed by atoms with Crippen LogP contribution in [0.3, 0.4) is 0 Å². The van der Waals surface area contributed by atoms with E-state index >= 15 is 0 Å². The topological polar surface area (TPSA) is 83.5 Å². The molecule has 0 aliphatic heterocycles. The van der Waals surface area contributed by atoms with Crippen LogP contribution in [0.4, 0.5) is 5.69 Å². The van der Waals surface area contributed by atoms with Gasteiger partial charge >= 0.3 is 0 Å². The molecule has 1 aromatic rings. The second-order valence-electron chi connectivity index (χ2n) is 2.65. The predicted octanol–water partition coefficient (Wildman–Crippen LogP) is 0.639. The molecule has 7 heteroatoms. The van der Waals surface area contributed by atoms with E-state index in [9.17, 15) is 12.6 Å². The van der Waals surface area contributed by atoms with Crippen LogP contribution in [0.15, 0.2) is 29.2 Å². The minimum absolute atomic E-state index is 0.152. The highest BCUT2D eigenvalue weighted by molar-refractivity contribution is 7.92. The van der Waals surface area contributed by atoms with E-state index in [2.05, 4.69) is 4.72 Å². The maximum Gasteiger partial charge on any atom is 0.229 e. The highest BCUT2D eigenvalue weighted by Gasteiger charge is 2.04. The van der Waals surface area contributed by atoms with Gasteiger partial charge in [-0.1, -0.05) is 6.07 Å². The highest BCUT2D eigenvalue weighted by Crippen LogP contribution is 2.13. The van der Waals surface area contributed by atoms with E-state index in [4.69, 9.17) is 4.55 Å². The zero-order valence-corrected chi connectivity index (χ0v) is 8.93. The Kier molecular flexibility index (Phi) is 3.25. The predicted molar refractivity (Wildman–Crippen MR) is 53.9 cm³/mol. The zero-order chi connectivity index (χ0) is 10.8. The highest BCUT2D eigenvalue weighted by atomic mass is 32.2. The van der Waals surface area contributed by atoms with Gasteiger partial charge < -0.3 is 4.55 Å². The summed E-state index contributed by atoms with van der Waals surface area (Å²) in [4.78, 5) is 0.152. The number of hydrogen-bond acceptors (Lipinski definition) is 3. The largest absolute Gasteiger partial charge is 0.302 e. The third-order valence-electron chi connectivity index (χ3n) is 1.34. The Morgan fingerprint density at radius 2 is 2.07 bits per heavy atom. The Morgan fingerprint density at radius 1 is 1.43 bits per heavy atom. The van der Waals surface area contributed by atoms with E-state index in [0.29, 0.717) is 0 Å². The molecule has 0 saturated carbocycles. The number of anilines is 1. The fraction of sp³-hybridized carbons (Fsp3) is 0.143. The van der Waals surface area contributed by atoms with E-state index < -0.39 is 21.1 Å². The monoisotopic (exact) mass is 235 g/mol. The maximum atomic E-state index is 10.8. The molecule has 1 unspecified atom stereocenters. The summed E-state index contributed by atoms with van der Waals surface area (Å²) in [5, 5.41) is 0. The van der Waals surface area contributed by atoms with Gasteiger partial charge in [-0.25, -0.2) is 12.6 Å². The number of sulfonamides is 1. The van der Waals surface area contributed by atoms with E-state index in [1.54, 1.807) is 0 Å². The van der Waals surface area contributed by atoms with Crippen LogP contribution in [0.25, 0.3) is 0 Å². The van der Waals surface area contributed by atoms with E-state index in [1.807, 2.05) is 0 Å². The molecule has 5 nitrogen and oxygen atoms in total. The fourth-order valence-electron chi connectivity index (χ4n) is 0.882.